The quantitative estimate of drug-likeness (QED) is 0.616. The molecule has 0 aromatic heterocycles. The van der Waals surface area contributed by atoms with Gasteiger partial charge in [-0.3, -0.25) is 9.59 Å². The number of carboxylic acids is 1. The molecule has 0 amide bonds. The highest BCUT2D eigenvalue weighted by Crippen LogP contribution is 2.40. The number of carbonyl (C=O) groups is 2. The van der Waals surface area contributed by atoms with E-state index < -0.39 is 33.1 Å². The minimum absolute atomic E-state index is 0.179. The van der Waals surface area contributed by atoms with Gasteiger partial charge < -0.3 is 9.84 Å². The molecule has 1 aliphatic rings. The van der Waals surface area contributed by atoms with Crippen molar-refractivity contribution in [3.63, 3.8) is 0 Å². The number of sulfonamides is 1. The largest absolute Gasteiger partial charge is 0.481 e. The van der Waals surface area contributed by atoms with Crippen LogP contribution in [0.1, 0.15) is 19.3 Å². The average molecular weight is 265 g/mol. The smallest absolute Gasteiger partial charge is 0.322 e. The molecule has 0 saturated heterocycles. The summed E-state index contributed by atoms with van der Waals surface area (Å²) in [5.41, 5.74) is -1.01. The van der Waals surface area contributed by atoms with Crippen LogP contribution in [0, 0.1) is 5.41 Å². The number of nitrogens with one attached hydrogen (secondary N) is 1. The van der Waals surface area contributed by atoms with Crippen LogP contribution in [-0.4, -0.2) is 44.9 Å². The maximum atomic E-state index is 11.4. The Kier molecular flexibility index (Phi) is 4.10. The van der Waals surface area contributed by atoms with E-state index in [1.54, 1.807) is 0 Å². The number of hydrogen-bond acceptors (Lipinski definition) is 5. The van der Waals surface area contributed by atoms with Gasteiger partial charge in [-0.05, 0) is 12.8 Å². The van der Waals surface area contributed by atoms with Crippen molar-refractivity contribution in [3.05, 3.63) is 0 Å². The van der Waals surface area contributed by atoms with E-state index >= 15 is 0 Å². The zero-order valence-corrected chi connectivity index (χ0v) is 10.2. The fourth-order valence-corrected chi connectivity index (χ4v) is 2.61. The Hall–Kier alpha value is -1.15. The summed E-state index contributed by atoms with van der Waals surface area (Å²) in [6.07, 6.45) is 1.66. The molecule has 1 saturated carbocycles. The molecule has 0 radical (unpaired) electrons. The molecule has 8 heteroatoms. The number of aliphatic carboxylic acids is 1. The molecule has 0 spiro atoms. The highest BCUT2D eigenvalue weighted by Gasteiger charge is 2.44. The van der Waals surface area contributed by atoms with E-state index in [2.05, 4.69) is 9.46 Å². The van der Waals surface area contributed by atoms with Crippen molar-refractivity contribution in [2.45, 2.75) is 19.3 Å². The van der Waals surface area contributed by atoms with Gasteiger partial charge in [0.2, 0.25) is 10.0 Å². The Balaban J connectivity index is 2.55. The van der Waals surface area contributed by atoms with E-state index in [0.717, 1.165) is 13.5 Å². The van der Waals surface area contributed by atoms with Crippen molar-refractivity contribution < 1.29 is 27.9 Å². The van der Waals surface area contributed by atoms with E-state index in [0.29, 0.717) is 12.8 Å². The van der Waals surface area contributed by atoms with Crippen molar-refractivity contribution in [2.75, 3.05) is 19.4 Å². The van der Waals surface area contributed by atoms with Crippen LogP contribution in [0.5, 0.6) is 0 Å². The van der Waals surface area contributed by atoms with Crippen LogP contribution in [0.3, 0.4) is 0 Å². The van der Waals surface area contributed by atoms with Crippen molar-refractivity contribution in [1.82, 2.24) is 4.72 Å². The minimum atomic E-state index is -3.82. The van der Waals surface area contributed by atoms with E-state index in [1.807, 2.05) is 0 Å². The summed E-state index contributed by atoms with van der Waals surface area (Å²) in [6.45, 7) is -0.179. The predicted octanol–water partition coefficient (Wildman–Crippen LogP) is -0.666. The van der Waals surface area contributed by atoms with Gasteiger partial charge in [-0.15, -0.1) is 0 Å². The van der Waals surface area contributed by atoms with E-state index in [9.17, 15) is 18.0 Å². The predicted molar refractivity (Wildman–Crippen MR) is 57.7 cm³/mol. The standard InChI is InChI=1S/C9H15NO6S/c1-16-7(11)5-17(14,15)10-6-9(8(12)13)3-2-4-9/h10H,2-6H2,1H3,(H,12,13). The lowest BCUT2D eigenvalue weighted by Gasteiger charge is -2.37. The van der Waals surface area contributed by atoms with Gasteiger partial charge in [-0.25, -0.2) is 13.1 Å². The first-order valence-electron chi connectivity index (χ1n) is 5.09. The van der Waals surface area contributed by atoms with Crippen LogP contribution in [0.4, 0.5) is 0 Å². The first-order chi connectivity index (χ1) is 7.81. The van der Waals surface area contributed by atoms with Gasteiger partial charge in [0, 0.05) is 6.54 Å². The molecule has 0 atom stereocenters. The van der Waals surface area contributed by atoms with Crippen molar-refractivity contribution in [3.8, 4) is 0 Å². The van der Waals surface area contributed by atoms with Crippen LogP contribution in [0.15, 0.2) is 0 Å². The molecular weight excluding hydrogens is 250 g/mol. The molecule has 7 nitrogen and oxygen atoms in total. The first kappa shape index (κ1) is 13.9. The number of carbonyl (C=O) groups excluding carboxylic acids is 1. The van der Waals surface area contributed by atoms with Crippen molar-refractivity contribution in [2.24, 2.45) is 5.41 Å². The molecule has 1 aliphatic carbocycles. The van der Waals surface area contributed by atoms with E-state index in [1.165, 1.54) is 0 Å². The lowest BCUT2D eigenvalue weighted by atomic mass is 9.69. The number of rotatable bonds is 6. The third-order valence-electron chi connectivity index (χ3n) is 2.93. The third kappa shape index (κ3) is 3.40. The monoisotopic (exact) mass is 265 g/mol. The molecule has 0 heterocycles. The summed E-state index contributed by atoms with van der Waals surface area (Å²) in [6, 6.07) is 0. The molecule has 17 heavy (non-hydrogen) atoms. The molecule has 0 aliphatic heterocycles. The van der Waals surface area contributed by atoms with Crippen LogP contribution in [0.2, 0.25) is 0 Å². The number of hydrogen-bond donors (Lipinski definition) is 2. The van der Waals surface area contributed by atoms with Gasteiger partial charge in [-0.2, -0.15) is 0 Å². The molecule has 1 fully saturated rings. The van der Waals surface area contributed by atoms with Crippen LogP contribution in [-0.2, 0) is 24.3 Å². The third-order valence-corrected chi connectivity index (χ3v) is 4.13. The Morgan fingerprint density at radius 1 is 1.41 bits per heavy atom. The summed E-state index contributed by atoms with van der Waals surface area (Å²) in [4.78, 5) is 21.8. The highest BCUT2D eigenvalue weighted by atomic mass is 32.2. The Morgan fingerprint density at radius 3 is 2.35 bits per heavy atom. The van der Waals surface area contributed by atoms with Crippen molar-refractivity contribution >= 4 is 22.0 Å². The van der Waals surface area contributed by atoms with Gasteiger partial charge >= 0.3 is 11.9 Å². The van der Waals surface area contributed by atoms with Crippen LogP contribution in [0.25, 0.3) is 0 Å². The van der Waals surface area contributed by atoms with Gasteiger partial charge in [0.15, 0.2) is 5.75 Å². The summed E-state index contributed by atoms with van der Waals surface area (Å²) in [5, 5.41) is 8.98. The highest BCUT2D eigenvalue weighted by molar-refractivity contribution is 7.90. The lowest BCUT2D eigenvalue weighted by molar-refractivity contribution is -0.153. The number of methoxy groups -OCH3 is 1. The van der Waals surface area contributed by atoms with Crippen LogP contribution < -0.4 is 4.72 Å². The van der Waals surface area contributed by atoms with E-state index in [-0.39, 0.29) is 6.54 Å². The number of carboxylic acid groups (broad SMARTS) is 1. The zero-order valence-electron chi connectivity index (χ0n) is 9.43. The molecule has 1 rings (SSSR count). The van der Waals surface area contributed by atoms with Gasteiger partial charge in [-0.1, -0.05) is 6.42 Å². The Bertz CT molecular complexity index is 411. The summed E-state index contributed by atoms with van der Waals surface area (Å²) in [5.74, 6) is -2.68. The maximum Gasteiger partial charge on any atom is 0.322 e. The van der Waals surface area contributed by atoms with Gasteiger partial charge in [0.05, 0.1) is 12.5 Å². The maximum absolute atomic E-state index is 11.4. The lowest BCUT2D eigenvalue weighted by Crippen LogP contribution is -2.48. The molecule has 0 unspecified atom stereocenters. The minimum Gasteiger partial charge on any atom is -0.481 e. The van der Waals surface area contributed by atoms with E-state index in [4.69, 9.17) is 5.11 Å². The second-order valence-corrected chi connectivity index (χ2v) is 5.90. The summed E-state index contributed by atoms with van der Waals surface area (Å²) < 4.78 is 29.2. The number of ether oxygens (including phenoxy) is 1. The Morgan fingerprint density at radius 2 is 2.00 bits per heavy atom. The molecule has 0 aromatic rings. The molecular formula is C9H15NO6S. The SMILES string of the molecule is COC(=O)CS(=O)(=O)NCC1(C(=O)O)CCC1. The average Bonchev–Trinajstić information content (AvgIpc) is 2.14. The fraction of sp³-hybridized carbons (Fsp3) is 0.778. The van der Waals surface area contributed by atoms with Crippen molar-refractivity contribution in [1.29, 1.82) is 0 Å². The zero-order chi connectivity index (χ0) is 13.1. The van der Waals surface area contributed by atoms with Gasteiger partial charge in [0.1, 0.15) is 0 Å². The topological polar surface area (TPSA) is 110 Å². The molecule has 98 valence electrons. The normalized spacial score (nSPS) is 18.2. The summed E-state index contributed by atoms with van der Waals surface area (Å²) in [7, 11) is -2.74. The van der Waals surface area contributed by atoms with Gasteiger partial charge in [0.25, 0.3) is 0 Å². The second kappa shape index (κ2) is 5.01. The first-order valence-corrected chi connectivity index (χ1v) is 6.74. The molecule has 2 N–H and O–H groups in total. The van der Waals surface area contributed by atoms with Crippen LogP contribution >= 0.6 is 0 Å². The molecule has 0 aromatic carbocycles. The number of esters is 1. The molecule has 0 bridgehead atoms. The fourth-order valence-electron chi connectivity index (χ4n) is 1.58. The summed E-state index contributed by atoms with van der Waals surface area (Å²) >= 11 is 0. The second-order valence-electron chi connectivity index (χ2n) is 4.10. The Labute approximate surface area is 99.2 Å².